The lowest BCUT2D eigenvalue weighted by Crippen LogP contribution is -1.98. The molecule has 0 saturated carbocycles. The molecule has 2 rings (SSSR count). The van der Waals surface area contributed by atoms with Gasteiger partial charge in [-0.1, -0.05) is 6.07 Å². The first-order chi connectivity index (χ1) is 8.08. The second kappa shape index (κ2) is 4.85. The van der Waals surface area contributed by atoms with Crippen LogP contribution in [0.3, 0.4) is 0 Å². The fraction of sp³-hybridized carbons (Fsp3) is 0.273. The van der Waals surface area contributed by atoms with Gasteiger partial charge in [-0.15, -0.1) is 10.2 Å². The van der Waals surface area contributed by atoms with Crippen molar-refractivity contribution in [2.75, 3.05) is 0 Å². The molecule has 17 heavy (non-hydrogen) atoms. The van der Waals surface area contributed by atoms with Crippen molar-refractivity contribution >= 4 is 11.8 Å². The minimum absolute atomic E-state index is 0.244. The van der Waals surface area contributed by atoms with Gasteiger partial charge in [0, 0.05) is 17.4 Å². The summed E-state index contributed by atoms with van der Waals surface area (Å²) in [5.41, 5.74) is 0.244. The first-order valence-corrected chi connectivity index (χ1v) is 5.84. The summed E-state index contributed by atoms with van der Waals surface area (Å²) in [6.07, 6.45) is -0.886. The van der Waals surface area contributed by atoms with E-state index in [0.29, 0.717) is 16.0 Å². The lowest BCUT2D eigenvalue weighted by molar-refractivity contribution is 0.191. The molecule has 1 atom stereocenters. The molecule has 6 heteroatoms. The average molecular weight is 254 g/mol. The molecule has 4 nitrogen and oxygen atoms in total. The molecule has 0 aliphatic carbocycles. The maximum Gasteiger partial charge on any atom is 0.281 e. The van der Waals surface area contributed by atoms with Crippen molar-refractivity contribution in [3.63, 3.8) is 0 Å². The van der Waals surface area contributed by atoms with Crippen LogP contribution in [0.15, 0.2) is 32.7 Å². The minimum Gasteiger partial charge on any atom is -0.416 e. The third-order valence-electron chi connectivity index (χ3n) is 2.14. The average Bonchev–Trinajstić information content (AvgIpc) is 2.63. The number of rotatable bonds is 3. The Labute approximate surface area is 102 Å². The zero-order valence-corrected chi connectivity index (χ0v) is 10.2. The van der Waals surface area contributed by atoms with E-state index in [4.69, 9.17) is 4.42 Å². The lowest BCUT2D eigenvalue weighted by Gasteiger charge is -2.10. The highest BCUT2D eigenvalue weighted by atomic mass is 32.2. The molecule has 1 N–H and O–H groups in total. The summed E-state index contributed by atoms with van der Waals surface area (Å²) in [5, 5.41) is 17.4. The highest BCUT2D eigenvalue weighted by molar-refractivity contribution is 7.99. The van der Waals surface area contributed by atoms with Crippen LogP contribution in [0.2, 0.25) is 0 Å². The Morgan fingerprint density at radius 1 is 1.41 bits per heavy atom. The molecule has 2 aromatic rings. The largest absolute Gasteiger partial charge is 0.416 e. The SMILES string of the molecule is Cc1nnc(Sc2cccc(F)c2[C@@H](C)O)o1. The highest BCUT2D eigenvalue weighted by Crippen LogP contribution is 2.33. The van der Waals surface area contributed by atoms with E-state index >= 15 is 0 Å². The summed E-state index contributed by atoms with van der Waals surface area (Å²) in [6.45, 7) is 3.19. The topological polar surface area (TPSA) is 59.2 Å². The van der Waals surface area contributed by atoms with Crippen LogP contribution in [0, 0.1) is 12.7 Å². The first kappa shape index (κ1) is 12.1. The van der Waals surface area contributed by atoms with E-state index in [0.717, 1.165) is 11.8 Å². The Balaban J connectivity index is 2.35. The zero-order chi connectivity index (χ0) is 12.4. The monoisotopic (exact) mass is 254 g/mol. The number of aryl methyl sites for hydroxylation is 1. The molecule has 0 amide bonds. The van der Waals surface area contributed by atoms with Crippen molar-refractivity contribution in [1.82, 2.24) is 10.2 Å². The van der Waals surface area contributed by atoms with Crippen molar-refractivity contribution in [2.24, 2.45) is 0 Å². The molecule has 0 bridgehead atoms. The molecule has 0 spiro atoms. The van der Waals surface area contributed by atoms with Gasteiger partial charge in [0.2, 0.25) is 5.89 Å². The van der Waals surface area contributed by atoms with Crippen LogP contribution in [-0.4, -0.2) is 15.3 Å². The number of benzene rings is 1. The van der Waals surface area contributed by atoms with E-state index in [1.54, 1.807) is 19.1 Å². The van der Waals surface area contributed by atoms with Gasteiger partial charge in [0.05, 0.1) is 6.10 Å². The molecular formula is C11H11FN2O2S. The van der Waals surface area contributed by atoms with E-state index in [1.807, 2.05) is 0 Å². The molecule has 0 fully saturated rings. The molecule has 90 valence electrons. The quantitative estimate of drug-likeness (QED) is 0.912. The van der Waals surface area contributed by atoms with Crippen LogP contribution in [0.1, 0.15) is 24.5 Å². The summed E-state index contributed by atoms with van der Waals surface area (Å²) < 4.78 is 18.8. The van der Waals surface area contributed by atoms with E-state index in [1.165, 1.54) is 13.0 Å². The molecule has 0 unspecified atom stereocenters. The van der Waals surface area contributed by atoms with Gasteiger partial charge >= 0.3 is 0 Å². The van der Waals surface area contributed by atoms with E-state index in [2.05, 4.69) is 10.2 Å². The van der Waals surface area contributed by atoms with Crippen LogP contribution < -0.4 is 0 Å². The van der Waals surface area contributed by atoms with Crippen LogP contribution in [-0.2, 0) is 0 Å². The van der Waals surface area contributed by atoms with Gasteiger partial charge in [-0.2, -0.15) is 0 Å². The summed E-state index contributed by atoms with van der Waals surface area (Å²) in [6, 6.07) is 4.59. The van der Waals surface area contributed by atoms with Gasteiger partial charge in [0.25, 0.3) is 5.22 Å². The molecule has 1 aromatic carbocycles. The Kier molecular flexibility index (Phi) is 3.44. The van der Waals surface area contributed by atoms with Gasteiger partial charge < -0.3 is 9.52 Å². The third-order valence-corrected chi connectivity index (χ3v) is 3.05. The molecule has 1 heterocycles. The second-order valence-corrected chi connectivity index (χ2v) is 4.51. The number of aliphatic hydroxyl groups excluding tert-OH is 1. The zero-order valence-electron chi connectivity index (χ0n) is 9.35. The van der Waals surface area contributed by atoms with E-state index in [9.17, 15) is 9.50 Å². The fourth-order valence-corrected chi connectivity index (χ4v) is 2.38. The van der Waals surface area contributed by atoms with E-state index < -0.39 is 11.9 Å². The van der Waals surface area contributed by atoms with Crippen molar-refractivity contribution in [3.05, 3.63) is 35.5 Å². The number of hydrogen-bond acceptors (Lipinski definition) is 5. The first-order valence-electron chi connectivity index (χ1n) is 5.02. The predicted molar refractivity (Wildman–Crippen MR) is 60.2 cm³/mol. The third kappa shape index (κ3) is 2.65. The Hall–Kier alpha value is -1.40. The molecule has 1 aromatic heterocycles. The normalized spacial score (nSPS) is 12.7. The van der Waals surface area contributed by atoms with Crippen LogP contribution in [0.5, 0.6) is 0 Å². The molecule has 0 aliphatic rings. The summed E-state index contributed by atoms with van der Waals surface area (Å²) in [5.74, 6) is 0.00346. The van der Waals surface area contributed by atoms with Gasteiger partial charge in [0.15, 0.2) is 0 Å². The Bertz CT molecular complexity index is 528. The van der Waals surface area contributed by atoms with Crippen LogP contribution in [0.25, 0.3) is 0 Å². The summed E-state index contributed by atoms with van der Waals surface area (Å²) >= 11 is 1.14. The molecule has 0 saturated heterocycles. The smallest absolute Gasteiger partial charge is 0.281 e. The lowest BCUT2D eigenvalue weighted by atomic mass is 10.1. The summed E-state index contributed by atoms with van der Waals surface area (Å²) in [4.78, 5) is 0.573. The van der Waals surface area contributed by atoms with Gasteiger partial charge in [-0.05, 0) is 30.8 Å². The summed E-state index contributed by atoms with van der Waals surface area (Å²) in [7, 11) is 0. The van der Waals surface area contributed by atoms with Crippen LogP contribution >= 0.6 is 11.8 Å². The molecular weight excluding hydrogens is 243 g/mol. The highest BCUT2D eigenvalue weighted by Gasteiger charge is 2.16. The number of hydrogen-bond donors (Lipinski definition) is 1. The number of nitrogens with zero attached hydrogens (tertiary/aromatic N) is 2. The maximum absolute atomic E-state index is 13.6. The van der Waals surface area contributed by atoms with Crippen molar-refractivity contribution in [2.45, 2.75) is 30.1 Å². The molecule has 0 radical (unpaired) electrons. The van der Waals surface area contributed by atoms with Crippen molar-refractivity contribution in [1.29, 1.82) is 0 Å². The van der Waals surface area contributed by atoms with Crippen molar-refractivity contribution < 1.29 is 13.9 Å². The number of aromatic nitrogens is 2. The minimum atomic E-state index is -0.886. The van der Waals surface area contributed by atoms with Gasteiger partial charge in [0.1, 0.15) is 5.82 Å². The number of halogens is 1. The Morgan fingerprint density at radius 2 is 2.18 bits per heavy atom. The fourth-order valence-electron chi connectivity index (χ4n) is 1.43. The van der Waals surface area contributed by atoms with Gasteiger partial charge in [-0.25, -0.2) is 4.39 Å². The Morgan fingerprint density at radius 3 is 2.76 bits per heavy atom. The predicted octanol–water partition coefficient (Wildman–Crippen LogP) is 2.72. The standard InChI is InChI=1S/C11H11FN2O2S/c1-6(15)10-8(12)4-3-5-9(10)17-11-14-13-7(2)16-11/h3-6,15H,1-2H3/t6-/m1/s1. The number of aliphatic hydroxyl groups is 1. The van der Waals surface area contributed by atoms with Crippen molar-refractivity contribution in [3.8, 4) is 0 Å². The van der Waals surface area contributed by atoms with E-state index in [-0.39, 0.29) is 5.56 Å². The molecule has 0 aliphatic heterocycles. The maximum atomic E-state index is 13.6. The van der Waals surface area contributed by atoms with Crippen LogP contribution in [0.4, 0.5) is 4.39 Å². The second-order valence-electron chi connectivity index (χ2n) is 3.52. The van der Waals surface area contributed by atoms with Gasteiger partial charge in [-0.3, -0.25) is 0 Å².